The quantitative estimate of drug-likeness (QED) is 0.603. The van der Waals surface area contributed by atoms with Gasteiger partial charge in [0.15, 0.2) is 0 Å². The van der Waals surface area contributed by atoms with Gasteiger partial charge < -0.3 is 5.43 Å². The van der Waals surface area contributed by atoms with Crippen LogP contribution in [0.1, 0.15) is 30.0 Å². The zero-order chi connectivity index (χ0) is 13.4. The molecule has 0 radical (unpaired) electrons. The van der Waals surface area contributed by atoms with Gasteiger partial charge in [0.05, 0.1) is 6.04 Å². The second kappa shape index (κ2) is 5.03. The van der Waals surface area contributed by atoms with Crippen molar-refractivity contribution in [2.75, 3.05) is 38.1 Å². The molecular weight excluding hydrogens is 240 g/mol. The van der Waals surface area contributed by atoms with E-state index in [1.165, 1.54) is 13.1 Å². The van der Waals surface area contributed by atoms with Crippen molar-refractivity contribution in [3.05, 3.63) is 17.1 Å². The van der Waals surface area contributed by atoms with Crippen LogP contribution in [0.25, 0.3) is 0 Å². The first-order valence-corrected chi connectivity index (χ1v) is 7.03. The van der Waals surface area contributed by atoms with Gasteiger partial charge in [-0.2, -0.15) is 0 Å². The molecule has 3 saturated heterocycles. The fraction of sp³-hybridized carbons (Fsp3) is 0.692. The van der Waals surface area contributed by atoms with Gasteiger partial charge >= 0.3 is 0 Å². The summed E-state index contributed by atoms with van der Waals surface area (Å²) in [4.78, 5) is 14.4. The van der Waals surface area contributed by atoms with Crippen molar-refractivity contribution in [1.82, 2.24) is 19.8 Å². The number of aryl methyl sites for hydroxylation is 1. The molecule has 2 bridgehead atoms. The molecule has 0 saturated carbocycles. The molecule has 1 aromatic rings. The Hall–Kier alpha value is -1.24. The highest BCUT2D eigenvalue weighted by molar-refractivity contribution is 5.45. The highest BCUT2D eigenvalue weighted by Crippen LogP contribution is 2.28. The third-order valence-electron chi connectivity index (χ3n) is 4.31. The summed E-state index contributed by atoms with van der Waals surface area (Å²) in [7, 11) is 0. The summed E-state index contributed by atoms with van der Waals surface area (Å²) in [5.41, 5.74) is 4.86. The molecular formula is C13H22N6. The number of nitrogens with zero attached hydrogens (tertiary/aromatic N) is 4. The number of nitrogens with one attached hydrogen (secondary N) is 1. The van der Waals surface area contributed by atoms with Gasteiger partial charge in [0.25, 0.3) is 0 Å². The number of nitrogen functional groups attached to an aromatic ring is 1. The molecule has 4 heterocycles. The molecule has 0 amide bonds. The molecule has 4 rings (SSSR count). The minimum Gasteiger partial charge on any atom is -0.308 e. The fourth-order valence-electron chi connectivity index (χ4n) is 3.08. The first kappa shape index (κ1) is 12.8. The van der Waals surface area contributed by atoms with Crippen molar-refractivity contribution < 1.29 is 0 Å². The third-order valence-corrected chi connectivity index (χ3v) is 4.31. The SMILES string of the molecule is CCc1nc(C2CN3CCN2CC3)nc(NN)c1C. The molecule has 19 heavy (non-hydrogen) atoms. The monoisotopic (exact) mass is 262 g/mol. The second-order valence-corrected chi connectivity index (χ2v) is 5.35. The van der Waals surface area contributed by atoms with Crippen molar-refractivity contribution in [1.29, 1.82) is 0 Å². The number of aromatic nitrogens is 2. The topological polar surface area (TPSA) is 70.3 Å². The van der Waals surface area contributed by atoms with E-state index in [4.69, 9.17) is 10.8 Å². The first-order chi connectivity index (χ1) is 9.22. The summed E-state index contributed by atoms with van der Waals surface area (Å²) < 4.78 is 0. The predicted molar refractivity (Wildman–Crippen MR) is 74.7 cm³/mol. The summed E-state index contributed by atoms with van der Waals surface area (Å²) in [5, 5.41) is 0. The van der Waals surface area contributed by atoms with E-state index in [0.717, 1.165) is 49.0 Å². The molecule has 1 aromatic heterocycles. The number of fused-ring (bicyclic) bond motifs is 3. The number of hydrogen-bond donors (Lipinski definition) is 2. The summed E-state index contributed by atoms with van der Waals surface area (Å²) in [6, 6.07) is 0.320. The van der Waals surface area contributed by atoms with Gasteiger partial charge in [-0.05, 0) is 13.3 Å². The number of anilines is 1. The molecule has 3 aliphatic rings. The second-order valence-electron chi connectivity index (χ2n) is 5.35. The van der Waals surface area contributed by atoms with E-state index in [0.29, 0.717) is 6.04 Å². The number of piperazine rings is 3. The van der Waals surface area contributed by atoms with Crippen molar-refractivity contribution in [3.63, 3.8) is 0 Å². The molecule has 1 unspecified atom stereocenters. The number of hydrogen-bond acceptors (Lipinski definition) is 6. The third kappa shape index (κ3) is 2.20. The number of hydrazine groups is 1. The average molecular weight is 262 g/mol. The van der Waals surface area contributed by atoms with Crippen molar-refractivity contribution >= 4 is 5.82 Å². The van der Waals surface area contributed by atoms with Gasteiger partial charge in [0, 0.05) is 44.0 Å². The van der Waals surface area contributed by atoms with Gasteiger partial charge in [-0.1, -0.05) is 6.92 Å². The summed E-state index contributed by atoms with van der Waals surface area (Å²) in [6.07, 6.45) is 0.909. The van der Waals surface area contributed by atoms with Crippen LogP contribution in [-0.4, -0.2) is 52.5 Å². The van der Waals surface area contributed by atoms with Crippen LogP contribution in [0.15, 0.2) is 0 Å². The molecule has 1 atom stereocenters. The Morgan fingerprint density at radius 2 is 2.00 bits per heavy atom. The van der Waals surface area contributed by atoms with Gasteiger partial charge in [-0.15, -0.1) is 0 Å². The molecule has 6 nitrogen and oxygen atoms in total. The zero-order valence-corrected chi connectivity index (χ0v) is 11.7. The maximum atomic E-state index is 5.58. The van der Waals surface area contributed by atoms with Crippen LogP contribution < -0.4 is 11.3 Å². The Morgan fingerprint density at radius 3 is 2.53 bits per heavy atom. The highest BCUT2D eigenvalue weighted by Gasteiger charge is 2.34. The van der Waals surface area contributed by atoms with Gasteiger partial charge in [0.2, 0.25) is 0 Å². The van der Waals surface area contributed by atoms with E-state index in [1.807, 2.05) is 6.92 Å². The van der Waals surface area contributed by atoms with E-state index in [1.54, 1.807) is 0 Å². The lowest BCUT2D eigenvalue weighted by Crippen LogP contribution is -2.57. The lowest BCUT2D eigenvalue weighted by Gasteiger charge is -2.46. The van der Waals surface area contributed by atoms with E-state index in [2.05, 4.69) is 27.1 Å². The average Bonchev–Trinajstić information content (AvgIpc) is 2.48. The molecule has 3 N–H and O–H groups in total. The standard InChI is InChI=1S/C13H22N6/c1-3-10-9(2)12(17-14)16-13(15-10)11-8-18-4-6-19(11)7-5-18/h11H,3-8,14H2,1-2H3,(H,15,16,17). The Morgan fingerprint density at radius 1 is 1.26 bits per heavy atom. The Balaban J connectivity index is 1.96. The molecule has 104 valence electrons. The molecule has 0 aromatic carbocycles. The van der Waals surface area contributed by atoms with Crippen LogP contribution in [0.5, 0.6) is 0 Å². The van der Waals surface area contributed by atoms with Crippen LogP contribution in [0, 0.1) is 6.92 Å². The predicted octanol–water partition coefficient (Wildman–Crippen LogP) is 0.305. The Bertz CT molecular complexity index is 441. The van der Waals surface area contributed by atoms with Gasteiger partial charge in [0.1, 0.15) is 11.6 Å². The summed E-state index contributed by atoms with van der Waals surface area (Å²) in [6.45, 7) is 9.76. The van der Waals surface area contributed by atoms with E-state index in [9.17, 15) is 0 Å². The fourth-order valence-corrected chi connectivity index (χ4v) is 3.08. The molecule has 3 fully saturated rings. The van der Waals surface area contributed by atoms with Crippen LogP contribution >= 0.6 is 0 Å². The Labute approximate surface area is 114 Å². The van der Waals surface area contributed by atoms with Crippen LogP contribution in [0.2, 0.25) is 0 Å². The maximum absolute atomic E-state index is 5.58. The molecule has 0 spiro atoms. The highest BCUT2D eigenvalue weighted by atomic mass is 15.4. The van der Waals surface area contributed by atoms with Crippen molar-refractivity contribution in [2.45, 2.75) is 26.3 Å². The Kier molecular flexibility index (Phi) is 3.38. The van der Waals surface area contributed by atoms with Gasteiger partial charge in [-0.3, -0.25) is 9.80 Å². The van der Waals surface area contributed by atoms with Crippen molar-refractivity contribution in [2.24, 2.45) is 5.84 Å². The van der Waals surface area contributed by atoms with E-state index >= 15 is 0 Å². The summed E-state index contributed by atoms with van der Waals surface area (Å²) >= 11 is 0. The molecule has 0 aliphatic carbocycles. The van der Waals surface area contributed by atoms with Crippen LogP contribution in [0.4, 0.5) is 5.82 Å². The lowest BCUT2D eigenvalue weighted by molar-refractivity contribution is 0.00861. The number of rotatable bonds is 3. The van der Waals surface area contributed by atoms with E-state index < -0.39 is 0 Å². The van der Waals surface area contributed by atoms with Crippen LogP contribution in [-0.2, 0) is 6.42 Å². The minimum atomic E-state index is 0.320. The maximum Gasteiger partial charge on any atom is 0.149 e. The zero-order valence-electron chi connectivity index (χ0n) is 11.7. The van der Waals surface area contributed by atoms with Crippen LogP contribution in [0.3, 0.4) is 0 Å². The lowest BCUT2D eigenvalue weighted by atomic mass is 10.1. The smallest absolute Gasteiger partial charge is 0.149 e. The molecule has 6 heteroatoms. The molecule has 3 aliphatic heterocycles. The largest absolute Gasteiger partial charge is 0.308 e. The normalized spacial score (nSPS) is 29.5. The first-order valence-electron chi connectivity index (χ1n) is 7.03. The van der Waals surface area contributed by atoms with Crippen molar-refractivity contribution in [3.8, 4) is 0 Å². The van der Waals surface area contributed by atoms with E-state index in [-0.39, 0.29) is 0 Å². The number of nitrogens with two attached hydrogens (primary N) is 1. The summed E-state index contributed by atoms with van der Waals surface area (Å²) in [5.74, 6) is 7.26. The minimum absolute atomic E-state index is 0.320. The van der Waals surface area contributed by atoms with Gasteiger partial charge in [-0.25, -0.2) is 15.8 Å².